The van der Waals surface area contributed by atoms with Crippen molar-refractivity contribution in [2.75, 3.05) is 24.5 Å². The fraction of sp³-hybridized carbons (Fsp3) is 0.600. The van der Waals surface area contributed by atoms with Crippen molar-refractivity contribution < 1.29 is 4.79 Å². The summed E-state index contributed by atoms with van der Waals surface area (Å²) in [5.74, 6) is 0.764. The third-order valence-corrected chi connectivity index (χ3v) is 7.71. The number of amides is 1. The van der Waals surface area contributed by atoms with Crippen molar-refractivity contribution >= 4 is 46.1 Å². The molecule has 3 heterocycles. The Morgan fingerprint density at radius 2 is 1.76 bits per heavy atom. The number of aromatic nitrogens is 1. The molecule has 2 fully saturated rings. The number of nitrogens with zero attached hydrogens (tertiary/aromatic N) is 4. The van der Waals surface area contributed by atoms with Crippen molar-refractivity contribution in [1.29, 1.82) is 5.26 Å². The van der Waals surface area contributed by atoms with E-state index in [4.69, 9.17) is 12.2 Å². The first-order chi connectivity index (χ1) is 15.9. The zero-order valence-corrected chi connectivity index (χ0v) is 21.6. The van der Waals surface area contributed by atoms with E-state index in [1.165, 1.54) is 31.0 Å². The number of thioether (sulfide) groups is 1. The molecule has 2 aliphatic heterocycles. The Morgan fingerprint density at radius 1 is 1.06 bits per heavy atom. The predicted molar refractivity (Wildman–Crippen MR) is 141 cm³/mol. The first kappa shape index (κ1) is 25.5. The largest absolute Gasteiger partial charge is 0.357 e. The maximum Gasteiger partial charge on any atom is 0.270 e. The van der Waals surface area contributed by atoms with E-state index in [1.807, 2.05) is 19.9 Å². The number of carbonyl (C=O) groups excluding carboxylic acids is 1. The highest BCUT2D eigenvalue weighted by Gasteiger charge is 2.33. The van der Waals surface area contributed by atoms with E-state index < -0.39 is 0 Å². The van der Waals surface area contributed by atoms with Gasteiger partial charge in [-0.2, -0.15) is 5.26 Å². The molecule has 0 radical (unpaired) electrons. The van der Waals surface area contributed by atoms with Crippen LogP contribution in [0.5, 0.6) is 0 Å². The normalized spacial score (nSPS) is 17.5. The maximum atomic E-state index is 13.2. The highest BCUT2D eigenvalue weighted by molar-refractivity contribution is 8.26. The van der Waals surface area contributed by atoms with Crippen LogP contribution in [-0.4, -0.2) is 39.3 Å². The van der Waals surface area contributed by atoms with Crippen molar-refractivity contribution in [3.63, 3.8) is 0 Å². The molecule has 1 aromatic rings. The van der Waals surface area contributed by atoms with E-state index in [0.717, 1.165) is 56.6 Å². The van der Waals surface area contributed by atoms with Crippen molar-refractivity contribution in [1.82, 2.24) is 9.47 Å². The van der Waals surface area contributed by atoms with E-state index in [0.29, 0.717) is 27.9 Å². The molecule has 0 spiro atoms. The fourth-order valence-electron chi connectivity index (χ4n) is 4.54. The van der Waals surface area contributed by atoms with Crippen LogP contribution in [0.4, 0.5) is 5.82 Å². The summed E-state index contributed by atoms with van der Waals surface area (Å²) in [6.45, 7) is 8.95. The second kappa shape index (κ2) is 11.8. The van der Waals surface area contributed by atoms with Gasteiger partial charge in [0.15, 0.2) is 0 Å². The van der Waals surface area contributed by atoms with Crippen LogP contribution in [-0.2, 0) is 11.3 Å². The van der Waals surface area contributed by atoms with Crippen LogP contribution in [0, 0.1) is 18.3 Å². The number of hydrogen-bond acceptors (Lipinski definition) is 6. The minimum atomic E-state index is -0.240. The summed E-state index contributed by atoms with van der Waals surface area (Å²) >= 11 is 6.85. The Bertz CT molecular complexity index is 1030. The highest BCUT2D eigenvalue weighted by atomic mass is 32.2. The van der Waals surface area contributed by atoms with Gasteiger partial charge < -0.3 is 4.90 Å². The quantitative estimate of drug-likeness (QED) is 0.257. The van der Waals surface area contributed by atoms with Gasteiger partial charge in [0.2, 0.25) is 0 Å². The van der Waals surface area contributed by atoms with Crippen LogP contribution >= 0.6 is 24.0 Å². The Labute approximate surface area is 206 Å². The molecule has 33 heavy (non-hydrogen) atoms. The maximum absolute atomic E-state index is 13.2. The smallest absolute Gasteiger partial charge is 0.270 e. The number of hydrogen-bond donors (Lipinski definition) is 0. The van der Waals surface area contributed by atoms with E-state index in [-0.39, 0.29) is 17.0 Å². The summed E-state index contributed by atoms with van der Waals surface area (Å²) in [4.78, 5) is 30.9. The molecule has 178 valence electrons. The molecule has 0 aliphatic carbocycles. The number of nitriles is 1. The number of unbranched alkanes of at least 4 members (excludes halogenated alkanes) is 4. The lowest BCUT2D eigenvalue weighted by Crippen LogP contribution is -2.33. The van der Waals surface area contributed by atoms with Crippen molar-refractivity contribution in [3.05, 3.63) is 31.9 Å². The summed E-state index contributed by atoms with van der Waals surface area (Å²) in [6, 6.07) is 2.11. The molecular weight excluding hydrogens is 452 g/mol. The molecule has 0 atom stereocenters. The molecule has 1 amide bonds. The van der Waals surface area contributed by atoms with Crippen molar-refractivity contribution in [2.45, 2.75) is 78.7 Å². The standard InChI is InChI=1S/C25H34N4O2S2/c1-4-6-7-8-9-15-29-24(31)21(33-25(29)32)16-19-18(3)20(17-26)23(30)28(12-5-2)22(19)27-13-10-11-14-27/h16H,4-15H2,1-3H3/b21-16-. The van der Waals surface area contributed by atoms with Gasteiger partial charge in [0.05, 0.1) is 4.91 Å². The molecule has 0 N–H and O–H groups in total. The van der Waals surface area contributed by atoms with Gasteiger partial charge in [0.25, 0.3) is 11.5 Å². The molecule has 0 bridgehead atoms. The van der Waals surface area contributed by atoms with Crippen LogP contribution < -0.4 is 10.5 Å². The zero-order valence-electron chi connectivity index (χ0n) is 20.0. The topological polar surface area (TPSA) is 69.3 Å². The van der Waals surface area contributed by atoms with Crippen LogP contribution in [0.2, 0.25) is 0 Å². The van der Waals surface area contributed by atoms with E-state index in [2.05, 4.69) is 17.9 Å². The monoisotopic (exact) mass is 486 g/mol. The third-order valence-electron chi connectivity index (χ3n) is 6.33. The Kier molecular flexibility index (Phi) is 9.16. The molecule has 0 saturated carbocycles. The number of carbonyl (C=O) groups is 1. The van der Waals surface area contributed by atoms with Gasteiger partial charge in [-0.25, -0.2) is 0 Å². The van der Waals surface area contributed by atoms with Gasteiger partial charge in [-0.3, -0.25) is 19.1 Å². The lowest BCUT2D eigenvalue weighted by atomic mass is 10.0. The van der Waals surface area contributed by atoms with Crippen LogP contribution in [0.1, 0.15) is 81.9 Å². The van der Waals surface area contributed by atoms with Crippen LogP contribution in [0.15, 0.2) is 9.70 Å². The van der Waals surface area contributed by atoms with Gasteiger partial charge in [0, 0.05) is 31.7 Å². The average Bonchev–Trinajstić information content (AvgIpc) is 3.41. The second-order valence-electron chi connectivity index (χ2n) is 8.75. The summed E-state index contributed by atoms with van der Waals surface area (Å²) in [5.41, 5.74) is 1.35. The van der Waals surface area contributed by atoms with Gasteiger partial charge in [0.1, 0.15) is 21.8 Å². The van der Waals surface area contributed by atoms with Gasteiger partial charge >= 0.3 is 0 Å². The van der Waals surface area contributed by atoms with E-state index in [9.17, 15) is 14.9 Å². The summed E-state index contributed by atoms with van der Waals surface area (Å²) < 4.78 is 2.32. The minimum absolute atomic E-state index is 0.0704. The number of pyridine rings is 1. The van der Waals surface area contributed by atoms with Crippen molar-refractivity contribution in [3.8, 4) is 6.07 Å². The van der Waals surface area contributed by atoms with Crippen LogP contribution in [0.3, 0.4) is 0 Å². The summed E-state index contributed by atoms with van der Waals surface area (Å²) in [7, 11) is 0. The molecule has 2 saturated heterocycles. The predicted octanol–water partition coefficient (Wildman–Crippen LogP) is 5.21. The highest BCUT2D eigenvalue weighted by Crippen LogP contribution is 2.36. The van der Waals surface area contributed by atoms with Gasteiger partial charge in [-0.05, 0) is 44.2 Å². The molecular formula is C25H34N4O2S2. The Hall–Kier alpha value is -2.11. The number of thiocarbonyl (C=S) groups is 1. The van der Waals surface area contributed by atoms with Gasteiger partial charge in [-0.1, -0.05) is 63.5 Å². The fourth-order valence-corrected chi connectivity index (χ4v) is 5.83. The summed E-state index contributed by atoms with van der Waals surface area (Å²) in [5, 5.41) is 9.73. The number of rotatable bonds is 10. The first-order valence-electron chi connectivity index (χ1n) is 12.1. The van der Waals surface area contributed by atoms with Crippen LogP contribution in [0.25, 0.3) is 6.08 Å². The molecule has 1 aromatic heterocycles. The minimum Gasteiger partial charge on any atom is -0.357 e. The third kappa shape index (κ3) is 5.52. The SMILES string of the molecule is CCCCCCCN1C(=O)/C(=C/c2c(C)c(C#N)c(=O)n(CCC)c2N2CCCC2)SC1=S. The molecule has 8 heteroatoms. The molecule has 0 aromatic carbocycles. The van der Waals surface area contributed by atoms with Gasteiger partial charge in [-0.15, -0.1) is 0 Å². The first-order valence-corrected chi connectivity index (χ1v) is 13.3. The number of anilines is 1. The summed E-state index contributed by atoms with van der Waals surface area (Å²) in [6.07, 6.45) is 10.4. The molecule has 2 aliphatic rings. The van der Waals surface area contributed by atoms with E-state index in [1.54, 1.807) is 9.47 Å². The average molecular weight is 487 g/mol. The Morgan fingerprint density at radius 3 is 2.39 bits per heavy atom. The van der Waals surface area contributed by atoms with Crippen molar-refractivity contribution in [2.24, 2.45) is 0 Å². The lowest BCUT2D eigenvalue weighted by Gasteiger charge is -2.26. The molecule has 6 nitrogen and oxygen atoms in total. The van der Waals surface area contributed by atoms with E-state index >= 15 is 0 Å². The molecule has 0 unspecified atom stereocenters. The lowest BCUT2D eigenvalue weighted by molar-refractivity contribution is -0.122. The second-order valence-corrected chi connectivity index (χ2v) is 10.4. The Balaban J connectivity index is 2.00. The molecule has 3 rings (SSSR count). The zero-order chi connectivity index (χ0) is 24.0.